The van der Waals surface area contributed by atoms with E-state index >= 15 is 0 Å². The molecule has 0 aromatic carbocycles. The van der Waals surface area contributed by atoms with Crippen LogP contribution in [0, 0.1) is 6.92 Å². The van der Waals surface area contributed by atoms with Crippen LogP contribution in [0.5, 0.6) is 0 Å². The zero-order valence-electron chi connectivity index (χ0n) is 7.88. The van der Waals surface area contributed by atoms with Crippen LogP contribution in [0.3, 0.4) is 0 Å². The van der Waals surface area contributed by atoms with Crippen molar-refractivity contribution in [3.8, 4) is 0 Å². The molecule has 5 heteroatoms. The number of imidazole rings is 1. The SMILES string of the molecule is Cc1cn2cc(C(O)CN)cnc2n1. The number of nitrogens with two attached hydrogens (primary N) is 1. The van der Waals surface area contributed by atoms with Gasteiger partial charge in [-0.25, -0.2) is 9.97 Å². The number of hydrogen-bond acceptors (Lipinski definition) is 4. The molecule has 0 fully saturated rings. The van der Waals surface area contributed by atoms with E-state index in [4.69, 9.17) is 5.73 Å². The van der Waals surface area contributed by atoms with Crippen molar-refractivity contribution in [1.29, 1.82) is 0 Å². The third kappa shape index (κ3) is 1.47. The van der Waals surface area contributed by atoms with Gasteiger partial charge in [-0.15, -0.1) is 0 Å². The average molecular weight is 192 g/mol. The first-order valence-electron chi connectivity index (χ1n) is 4.40. The molecule has 0 saturated heterocycles. The van der Waals surface area contributed by atoms with Crippen LogP contribution < -0.4 is 5.73 Å². The molecule has 0 spiro atoms. The highest BCUT2D eigenvalue weighted by molar-refractivity contribution is 5.31. The summed E-state index contributed by atoms with van der Waals surface area (Å²) in [6.07, 6.45) is 4.59. The first kappa shape index (κ1) is 9.11. The van der Waals surface area contributed by atoms with Crippen molar-refractivity contribution in [2.45, 2.75) is 13.0 Å². The molecule has 2 rings (SSSR count). The molecule has 0 radical (unpaired) electrons. The third-order valence-corrected chi connectivity index (χ3v) is 2.06. The van der Waals surface area contributed by atoms with E-state index in [2.05, 4.69) is 9.97 Å². The molecule has 74 valence electrons. The molecule has 0 aliphatic heterocycles. The highest BCUT2D eigenvalue weighted by atomic mass is 16.3. The second-order valence-corrected chi connectivity index (χ2v) is 3.23. The maximum Gasteiger partial charge on any atom is 0.233 e. The van der Waals surface area contributed by atoms with Gasteiger partial charge in [-0.2, -0.15) is 0 Å². The zero-order chi connectivity index (χ0) is 10.1. The lowest BCUT2D eigenvalue weighted by Gasteiger charge is -2.06. The molecule has 1 unspecified atom stereocenters. The molecule has 2 heterocycles. The normalized spacial score (nSPS) is 13.4. The van der Waals surface area contributed by atoms with Crippen LogP contribution in [-0.2, 0) is 0 Å². The largest absolute Gasteiger partial charge is 0.387 e. The van der Waals surface area contributed by atoms with Gasteiger partial charge in [0.15, 0.2) is 0 Å². The summed E-state index contributed by atoms with van der Waals surface area (Å²) in [4.78, 5) is 8.29. The fourth-order valence-electron chi connectivity index (χ4n) is 1.33. The highest BCUT2D eigenvalue weighted by Crippen LogP contribution is 2.11. The van der Waals surface area contributed by atoms with Gasteiger partial charge < -0.3 is 10.8 Å². The minimum Gasteiger partial charge on any atom is -0.387 e. The molecule has 2 aromatic rings. The minimum atomic E-state index is -0.658. The topological polar surface area (TPSA) is 76.4 Å². The van der Waals surface area contributed by atoms with Crippen LogP contribution in [0.15, 0.2) is 18.6 Å². The number of aryl methyl sites for hydroxylation is 1. The number of fused-ring (bicyclic) bond motifs is 1. The van der Waals surface area contributed by atoms with E-state index in [0.717, 1.165) is 5.69 Å². The summed E-state index contributed by atoms with van der Waals surface area (Å²) in [5, 5.41) is 9.50. The van der Waals surface area contributed by atoms with Gasteiger partial charge in [-0.3, -0.25) is 4.40 Å². The fraction of sp³-hybridized carbons (Fsp3) is 0.333. The highest BCUT2D eigenvalue weighted by Gasteiger charge is 2.07. The zero-order valence-corrected chi connectivity index (χ0v) is 7.88. The number of nitrogens with zero attached hydrogens (tertiary/aromatic N) is 3. The van der Waals surface area contributed by atoms with Gasteiger partial charge in [0.2, 0.25) is 5.78 Å². The lowest BCUT2D eigenvalue weighted by atomic mass is 10.2. The molecule has 0 amide bonds. The Balaban J connectivity index is 2.50. The molecular weight excluding hydrogens is 180 g/mol. The van der Waals surface area contributed by atoms with Crippen LogP contribution in [0.4, 0.5) is 0 Å². The summed E-state index contributed by atoms with van der Waals surface area (Å²) < 4.78 is 1.78. The lowest BCUT2D eigenvalue weighted by molar-refractivity contribution is 0.186. The average Bonchev–Trinajstić information content (AvgIpc) is 2.55. The van der Waals surface area contributed by atoms with Gasteiger partial charge in [-0.05, 0) is 6.92 Å². The van der Waals surface area contributed by atoms with Crippen molar-refractivity contribution in [2.75, 3.05) is 6.54 Å². The molecule has 14 heavy (non-hydrogen) atoms. The standard InChI is InChI=1S/C9H12N4O/c1-6-4-13-5-7(8(14)2-10)3-11-9(13)12-6/h3-5,8,14H,2,10H2,1H3. The predicted molar refractivity (Wildman–Crippen MR) is 51.7 cm³/mol. The molecular formula is C9H12N4O. The van der Waals surface area contributed by atoms with Crippen molar-refractivity contribution in [1.82, 2.24) is 14.4 Å². The maximum atomic E-state index is 9.50. The second-order valence-electron chi connectivity index (χ2n) is 3.23. The van der Waals surface area contributed by atoms with Crippen LogP contribution in [-0.4, -0.2) is 26.0 Å². The Morgan fingerprint density at radius 2 is 2.36 bits per heavy atom. The Kier molecular flexibility index (Phi) is 2.18. The molecule has 0 saturated carbocycles. The summed E-state index contributed by atoms with van der Waals surface area (Å²) in [5.74, 6) is 0.635. The number of rotatable bonds is 2. The Morgan fingerprint density at radius 3 is 3.07 bits per heavy atom. The second kappa shape index (κ2) is 3.36. The van der Waals surface area contributed by atoms with Crippen molar-refractivity contribution < 1.29 is 5.11 Å². The summed E-state index contributed by atoms with van der Waals surface area (Å²) in [5.41, 5.74) is 6.96. The summed E-state index contributed by atoms with van der Waals surface area (Å²) >= 11 is 0. The molecule has 0 aliphatic rings. The smallest absolute Gasteiger partial charge is 0.233 e. The lowest BCUT2D eigenvalue weighted by Crippen LogP contribution is -2.12. The molecule has 2 aromatic heterocycles. The van der Waals surface area contributed by atoms with E-state index in [1.54, 1.807) is 16.8 Å². The fourth-order valence-corrected chi connectivity index (χ4v) is 1.33. The monoisotopic (exact) mass is 192 g/mol. The van der Waals surface area contributed by atoms with Crippen molar-refractivity contribution >= 4 is 5.78 Å². The van der Waals surface area contributed by atoms with Crippen molar-refractivity contribution in [3.05, 3.63) is 29.8 Å². The van der Waals surface area contributed by atoms with Gasteiger partial charge >= 0.3 is 0 Å². The Labute approximate surface area is 81.2 Å². The van der Waals surface area contributed by atoms with Gasteiger partial charge in [0.25, 0.3) is 0 Å². The van der Waals surface area contributed by atoms with Crippen LogP contribution in [0.2, 0.25) is 0 Å². The van der Waals surface area contributed by atoms with Gasteiger partial charge in [0.1, 0.15) is 0 Å². The first-order valence-corrected chi connectivity index (χ1v) is 4.40. The Bertz CT molecular complexity index is 451. The predicted octanol–water partition coefficient (Wildman–Crippen LogP) is 0.0298. The van der Waals surface area contributed by atoms with E-state index < -0.39 is 6.10 Å². The molecule has 3 N–H and O–H groups in total. The van der Waals surface area contributed by atoms with Gasteiger partial charge in [-0.1, -0.05) is 0 Å². The maximum absolute atomic E-state index is 9.50. The van der Waals surface area contributed by atoms with E-state index in [-0.39, 0.29) is 6.54 Å². The summed E-state index contributed by atoms with van der Waals surface area (Å²) in [7, 11) is 0. The van der Waals surface area contributed by atoms with Crippen LogP contribution in [0.25, 0.3) is 5.78 Å². The summed E-state index contributed by atoms with van der Waals surface area (Å²) in [6, 6.07) is 0. The quantitative estimate of drug-likeness (QED) is 0.703. The van der Waals surface area contributed by atoms with E-state index in [1.807, 2.05) is 13.1 Å². The molecule has 0 aliphatic carbocycles. The number of aliphatic hydroxyl groups is 1. The number of aliphatic hydroxyl groups excluding tert-OH is 1. The van der Waals surface area contributed by atoms with Crippen molar-refractivity contribution in [3.63, 3.8) is 0 Å². The first-order chi connectivity index (χ1) is 6.70. The van der Waals surface area contributed by atoms with E-state index in [9.17, 15) is 5.11 Å². The van der Waals surface area contributed by atoms with Gasteiger partial charge in [0, 0.05) is 30.7 Å². The van der Waals surface area contributed by atoms with Crippen LogP contribution >= 0.6 is 0 Å². The minimum absolute atomic E-state index is 0.195. The molecule has 5 nitrogen and oxygen atoms in total. The molecule has 1 atom stereocenters. The third-order valence-electron chi connectivity index (χ3n) is 2.06. The Morgan fingerprint density at radius 1 is 1.57 bits per heavy atom. The van der Waals surface area contributed by atoms with Crippen LogP contribution in [0.1, 0.15) is 17.4 Å². The number of aromatic nitrogens is 3. The Hall–Kier alpha value is -1.46. The van der Waals surface area contributed by atoms with Crippen molar-refractivity contribution in [2.24, 2.45) is 5.73 Å². The number of hydrogen-bond donors (Lipinski definition) is 2. The summed E-state index contributed by atoms with van der Waals surface area (Å²) in [6.45, 7) is 2.09. The van der Waals surface area contributed by atoms with E-state index in [0.29, 0.717) is 11.3 Å². The van der Waals surface area contributed by atoms with E-state index in [1.165, 1.54) is 0 Å². The molecule has 0 bridgehead atoms. The van der Waals surface area contributed by atoms with Gasteiger partial charge in [0.05, 0.1) is 11.8 Å².